The first-order valence-electron chi connectivity index (χ1n) is 4.60. The first-order valence-corrected chi connectivity index (χ1v) is 4.60. The lowest BCUT2D eigenvalue weighted by Gasteiger charge is -2.10. The van der Waals surface area contributed by atoms with E-state index in [0.717, 1.165) is 20.7 Å². The van der Waals surface area contributed by atoms with Crippen LogP contribution < -0.4 is 0 Å². The lowest BCUT2D eigenvalue weighted by molar-refractivity contribution is 0.345. The molecule has 1 aliphatic rings. The molecule has 0 spiro atoms. The monoisotopic (exact) mass is 175 g/mol. The van der Waals surface area contributed by atoms with E-state index in [1.807, 2.05) is 0 Å². The van der Waals surface area contributed by atoms with E-state index in [0.29, 0.717) is 0 Å². The summed E-state index contributed by atoms with van der Waals surface area (Å²) < 4.78 is 5.12. The SMILES string of the molecule is COBN1Cc2cccc(C)c2C1. The van der Waals surface area contributed by atoms with Gasteiger partial charge in [-0.3, -0.25) is 0 Å². The zero-order valence-electron chi connectivity index (χ0n) is 8.21. The third-order valence-electron chi connectivity index (χ3n) is 2.59. The molecule has 1 aromatic carbocycles. The zero-order chi connectivity index (χ0) is 9.26. The standard InChI is InChI=1S/C10H14BNO/c1-8-4-3-5-9-6-12(11-13-2)7-10(8)9/h3-5,11H,6-7H2,1-2H3. The van der Waals surface area contributed by atoms with Gasteiger partial charge in [0.05, 0.1) is 0 Å². The number of benzene rings is 1. The fourth-order valence-corrected chi connectivity index (χ4v) is 1.93. The summed E-state index contributed by atoms with van der Waals surface area (Å²) in [6.45, 7) is 4.25. The minimum atomic E-state index is 0.730. The van der Waals surface area contributed by atoms with E-state index in [9.17, 15) is 0 Å². The molecule has 0 saturated carbocycles. The van der Waals surface area contributed by atoms with Crippen LogP contribution in [0, 0.1) is 6.92 Å². The highest BCUT2D eigenvalue weighted by molar-refractivity contribution is 6.23. The molecule has 13 heavy (non-hydrogen) atoms. The highest BCUT2D eigenvalue weighted by atomic mass is 16.4. The average molecular weight is 175 g/mol. The molecule has 2 rings (SSSR count). The largest absolute Gasteiger partial charge is 0.427 e. The smallest absolute Gasteiger partial charge is 0.363 e. The second-order valence-corrected chi connectivity index (χ2v) is 3.62. The minimum Gasteiger partial charge on any atom is -0.427 e. The number of fused-ring (bicyclic) bond motifs is 1. The predicted octanol–water partition coefficient (Wildman–Crippen LogP) is 1.22. The highest BCUT2D eigenvalue weighted by Gasteiger charge is 2.20. The molecular formula is C10H14BNO. The van der Waals surface area contributed by atoms with Gasteiger partial charge in [0.1, 0.15) is 0 Å². The van der Waals surface area contributed by atoms with Crippen LogP contribution in [-0.2, 0) is 17.7 Å². The van der Waals surface area contributed by atoms with Crippen LogP contribution in [0.25, 0.3) is 0 Å². The molecule has 0 bridgehead atoms. The topological polar surface area (TPSA) is 12.5 Å². The summed E-state index contributed by atoms with van der Waals surface area (Å²) in [6, 6.07) is 6.51. The average Bonchev–Trinajstić information content (AvgIpc) is 2.49. The van der Waals surface area contributed by atoms with Crippen LogP contribution in [0.4, 0.5) is 0 Å². The van der Waals surface area contributed by atoms with Crippen molar-refractivity contribution >= 4 is 7.62 Å². The predicted molar refractivity (Wildman–Crippen MR) is 54.6 cm³/mol. The van der Waals surface area contributed by atoms with Crippen molar-refractivity contribution in [3.8, 4) is 0 Å². The Labute approximate surface area is 79.8 Å². The lowest BCUT2D eigenvalue weighted by atomic mass is 10.1. The van der Waals surface area contributed by atoms with Crippen LogP contribution in [-0.4, -0.2) is 19.5 Å². The van der Waals surface area contributed by atoms with E-state index in [1.54, 1.807) is 7.11 Å². The molecule has 0 saturated heterocycles. The molecule has 1 aliphatic heterocycles. The van der Waals surface area contributed by atoms with Gasteiger partial charge in [0.2, 0.25) is 0 Å². The Morgan fingerprint density at radius 3 is 2.92 bits per heavy atom. The number of hydrogen-bond acceptors (Lipinski definition) is 2. The molecule has 1 heterocycles. The van der Waals surface area contributed by atoms with Gasteiger partial charge in [-0.1, -0.05) is 18.2 Å². The molecule has 0 amide bonds. The summed E-state index contributed by atoms with van der Waals surface area (Å²) in [5.74, 6) is 0. The summed E-state index contributed by atoms with van der Waals surface area (Å²) in [7, 11) is 2.48. The molecule has 1 aromatic rings. The molecular weight excluding hydrogens is 161 g/mol. The Balaban J connectivity index is 2.20. The second kappa shape index (κ2) is 3.52. The number of hydrogen-bond donors (Lipinski definition) is 0. The zero-order valence-corrected chi connectivity index (χ0v) is 8.21. The molecule has 0 unspecified atom stereocenters. The van der Waals surface area contributed by atoms with Gasteiger partial charge in [-0.2, -0.15) is 0 Å². The maximum Gasteiger partial charge on any atom is 0.363 e. The molecule has 0 fully saturated rings. The third-order valence-corrected chi connectivity index (χ3v) is 2.59. The van der Waals surface area contributed by atoms with Gasteiger partial charge >= 0.3 is 7.62 Å². The van der Waals surface area contributed by atoms with E-state index in [-0.39, 0.29) is 0 Å². The molecule has 3 heteroatoms. The molecule has 0 N–H and O–H groups in total. The van der Waals surface area contributed by atoms with Gasteiger partial charge in [0, 0.05) is 20.2 Å². The molecule has 68 valence electrons. The molecule has 0 radical (unpaired) electrons. The summed E-state index contributed by atoms with van der Waals surface area (Å²) in [5, 5.41) is 0. The van der Waals surface area contributed by atoms with Crippen LogP contribution in [0.3, 0.4) is 0 Å². The van der Waals surface area contributed by atoms with Crippen molar-refractivity contribution in [3.63, 3.8) is 0 Å². The molecule has 2 nitrogen and oxygen atoms in total. The molecule has 0 aromatic heterocycles. The fourth-order valence-electron chi connectivity index (χ4n) is 1.93. The molecule has 0 atom stereocenters. The normalized spacial score (nSPS) is 15.8. The fraction of sp³-hybridized carbons (Fsp3) is 0.400. The van der Waals surface area contributed by atoms with Gasteiger partial charge in [0.25, 0.3) is 0 Å². The van der Waals surface area contributed by atoms with Crippen molar-refractivity contribution in [2.24, 2.45) is 0 Å². The summed E-state index contributed by atoms with van der Waals surface area (Å²) in [4.78, 5) is 2.30. The van der Waals surface area contributed by atoms with Crippen molar-refractivity contribution in [1.82, 2.24) is 4.81 Å². The Morgan fingerprint density at radius 1 is 1.38 bits per heavy atom. The first kappa shape index (κ1) is 8.79. The maximum atomic E-state index is 5.12. The Kier molecular flexibility index (Phi) is 2.38. The Hall–Kier alpha value is -0.795. The maximum absolute atomic E-state index is 5.12. The van der Waals surface area contributed by atoms with Crippen molar-refractivity contribution in [3.05, 3.63) is 34.9 Å². The number of nitrogens with zero attached hydrogens (tertiary/aromatic N) is 1. The van der Waals surface area contributed by atoms with Crippen LogP contribution in [0.5, 0.6) is 0 Å². The number of aryl methyl sites for hydroxylation is 1. The van der Waals surface area contributed by atoms with E-state index >= 15 is 0 Å². The van der Waals surface area contributed by atoms with E-state index in [2.05, 4.69) is 29.9 Å². The van der Waals surface area contributed by atoms with Crippen LogP contribution >= 0.6 is 0 Å². The van der Waals surface area contributed by atoms with Gasteiger partial charge < -0.3 is 9.47 Å². The number of rotatable bonds is 2. The Morgan fingerprint density at radius 2 is 2.23 bits per heavy atom. The quantitative estimate of drug-likeness (QED) is 0.626. The summed E-state index contributed by atoms with van der Waals surface area (Å²) in [5.41, 5.74) is 4.34. The van der Waals surface area contributed by atoms with Crippen LogP contribution in [0.15, 0.2) is 18.2 Å². The van der Waals surface area contributed by atoms with Crippen molar-refractivity contribution < 1.29 is 4.65 Å². The van der Waals surface area contributed by atoms with Gasteiger partial charge in [-0.15, -0.1) is 0 Å². The van der Waals surface area contributed by atoms with E-state index in [4.69, 9.17) is 4.65 Å². The highest BCUT2D eigenvalue weighted by Crippen LogP contribution is 2.24. The van der Waals surface area contributed by atoms with Crippen LogP contribution in [0.2, 0.25) is 0 Å². The van der Waals surface area contributed by atoms with E-state index in [1.165, 1.54) is 16.7 Å². The second-order valence-electron chi connectivity index (χ2n) is 3.62. The van der Waals surface area contributed by atoms with Crippen LogP contribution in [0.1, 0.15) is 16.7 Å². The van der Waals surface area contributed by atoms with E-state index < -0.39 is 0 Å². The third kappa shape index (κ3) is 1.62. The van der Waals surface area contributed by atoms with Gasteiger partial charge in [-0.25, -0.2) is 0 Å². The van der Waals surface area contributed by atoms with Gasteiger partial charge in [-0.05, 0) is 23.6 Å². The first-order chi connectivity index (χ1) is 6.31. The van der Waals surface area contributed by atoms with Gasteiger partial charge in [0.15, 0.2) is 0 Å². The summed E-state index contributed by atoms with van der Waals surface area (Å²) in [6.07, 6.45) is 0. The van der Waals surface area contributed by atoms with Crippen molar-refractivity contribution in [2.45, 2.75) is 20.0 Å². The summed E-state index contributed by atoms with van der Waals surface area (Å²) >= 11 is 0. The minimum absolute atomic E-state index is 0.730. The lowest BCUT2D eigenvalue weighted by Crippen LogP contribution is -2.22. The van der Waals surface area contributed by atoms with Crippen molar-refractivity contribution in [2.75, 3.05) is 7.11 Å². The van der Waals surface area contributed by atoms with Crippen molar-refractivity contribution in [1.29, 1.82) is 0 Å². The molecule has 0 aliphatic carbocycles. The Bertz CT molecular complexity index is 314.